The molecule has 6 amide bonds. The number of carbonyl (C=O) groups is 6. The van der Waals surface area contributed by atoms with E-state index in [0.717, 1.165) is 38.9 Å². The normalized spacial score (nSPS) is 26.1. The maximum absolute atomic E-state index is 16.0. The Morgan fingerprint density at radius 3 is 1.66 bits per heavy atom. The number of halogens is 5. The lowest BCUT2D eigenvalue weighted by molar-refractivity contribution is -0.137. The highest BCUT2D eigenvalue weighted by Gasteiger charge is 2.54. The number of nitrogens with zero attached hydrogens (tertiary/aromatic N) is 18. The van der Waals surface area contributed by atoms with Crippen LogP contribution in [0.4, 0.5) is 45.0 Å². The van der Waals surface area contributed by atoms with Gasteiger partial charge in [-0.3, -0.25) is 71.9 Å². The molecule has 8 aromatic heterocycles. The summed E-state index contributed by atoms with van der Waals surface area (Å²) in [5.74, 6) is 11.0. The molecule has 8 aliphatic heterocycles. The van der Waals surface area contributed by atoms with Gasteiger partial charge in [0.25, 0.3) is 24.7 Å². The van der Waals surface area contributed by atoms with E-state index in [9.17, 15) is 38.4 Å². The van der Waals surface area contributed by atoms with Crippen LogP contribution in [0.5, 0.6) is 11.5 Å². The molecule has 131 heavy (non-hydrogen) atoms. The van der Waals surface area contributed by atoms with Crippen molar-refractivity contribution in [2.75, 3.05) is 107 Å². The van der Waals surface area contributed by atoms with Crippen LogP contribution >= 0.6 is 0 Å². The fraction of sp³-hybridized carbons (Fsp3) is 0.533. The number of piperidine rings is 4. The summed E-state index contributed by atoms with van der Waals surface area (Å²) in [6, 6.07) is 7.68. The van der Waals surface area contributed by atoms with Gasteiger partial charge in [0, 0.05) is 110 Å². The van der Waals surface area contributed by atoms with Crippen molar-refractivity contribution in [1.29, 1.82) is 0 Å². The van der Waals surface area contributed by atoms with Gasteiger partial charge in [0.05, 0.1) is 132 Å². The van der Waals surface area contributed by atoms with E-state index in [0.29, 0.717) is 147 Å². The van der Waals surface area contributed by atoms with Crippen LogP contribution in [0.3, 0.4) is 0 Å². The largest absolute Gasteiger partial charge is 0.495 e. The third kappa shape index (κ3) is 16.5. The zero-order chi connectivity index (χ0) is 90.5. The Bertz CT molecular complexity index is 6430. The van der Waals surface area contributed by atoms with Crippen molar-refractivity contribution < 1.29 is 79.1 Å². The number of hydrogen-bond acceptors (Lipinski definition) is 24. The average molecular weight is 1810 g/mol. The first kappa shape index (κ1) is 86.6. The van der Waals surface area contributed by atoms with Crippen LogP contribution in [-0.2, 0) is 52.2 Å². The molecule has 12 atom stereocenters. The molecule has 10 aliphatic rings. The van der Waals surface area contributed by atoms with Crippen molar-refractivity contribution in [3.05, 3.63) is 128 Å². The minimum absolute atomic E-state index is 0.0186. The van der Waals surface area contributed by atoms with Crippen LogP contribution in [0.25, 0.3) is 33.4 Å². The van der Waals surface area contributed by atoms with E-state index in [2.05, 4.69) is 84.9 Å². The predicted molar refractivity (Wildman–Crippen MR) is 462 cm³/mol. The molecule has 4 bridgehead atoms. The Hall–Kier alpha value is -12.4. The highest BCUT2D eigenvalue weighted by molar-refractivity contribution is 6.09. The molecule has 41 heteroatoms. The molecule has 36 nitrogen and oxygen atoms in total. The molecule has 8 saturated heterocycles. The Kier molecular flexibility index (Phi) is 23.6. The number of rotatable bonds is 23. The Labute approximate surface area is 745 Å². The second-order valence-electron chi connectivity index (χ2n) is 36.0. The van der Waals surface area contributed by atoms with Gasteiger partial charge in [-0.15, -0.1) is 0 Å². The number of amides is 6. The molecule has 16 heterocycles. The second-order valence-corrected chi connectivity index (χ2v) is 36.0. The van der Waals surface area contributed by atoms with E-state index < -0.39 is 108 Å². The molecule has 2 aliphatic carbocycles. The fourth-order valence-corrected chi connectivity index (χ4v) is 21.8. The summed E-state index contributed by atoms with van der Waals surface area (Å²) in [5.41, 5.74) is 0.801. The molecule has 10 fully saturated rings. The van der Waals surface area contributed by atoms with Gasteiger partial charge < -0.3 is 53.8 Å². The van der Waals surface area contributed by atoms with Gasteiger partial charge in [-0.25, -0.2) is 50.5 Å². The van der Waals surface area contributed by atoms with Crippen LogP contribution < -0.4 is 51.9 Å². The van der Waals surface area contributed by atoms with Crippen LogP contribution in [0.1, 0.15) is 183 Å². The van der Waals surface area contributed by atoms with Crippen molar-refractivity contribution in [2.24, 2.45) is 31.8 Å². The van der Waals surface area contributed by atoms with E-state index in [4.69, 9.17) is 38.4 Å². The van der Waals surface area contributed by atoms with Gasteiger partial charge in [-0.2, -0.15) is 20.4 Å². The number of anilines is 4. The van der Waals surface area contributed by atoms with Crippen LogP contribution in [0.15, 0.2) is 83.2 Å². The quantitative estimate of drug-likeness (QED) is 0.0273. The van der Waals surface area contributed by atoms with Crippen LogP contribution in [0, 0.1) is 41.4 Å². The van der Waals surface area contributed by atoms with Crippen molar-refractivity contribution in [1.82, 2.24) is 87.5 Å². The zero-order valence-electron chi connectivity index (χ0n) is 72.5. The smallest absolute Gasteiger partial charge is 0.329 e. The van der Waals surface area contributed by atoms with Gasteiger partial charge in [0.15, 0.2) is 22.7 Å². The highest BCUT2D eigenvalue weighted by Crippen LogP contribution is 2.50. The summed E-state index contributed by atoms with van der Waals surface area (Å²) >= 11 is 0. The molecule has 0 radical (unpaired) electrons. The summed E-state index contributed by atoms with van der Waals surface area (Å²) in [6.45, 7) is 5.14. The minimum atomic E-state index is -3.08. The summed E-state index contributed by atoms with van der Waals surface area (Å²) in [4.78, 5) is 125. The first-order chi connectivity index (χ1) is 63.5. The maximum atomic E-state index is 16.0. The second kappa shape index (κ2) is 35.7. The summed E-state index contributed by atoms with van der Waals surface area (Å²) < 4.78 is 125. The lowest BCUT2D eigenvalue weighted by Gasteiger charge is -2.45. The summed E-state index contributed by atoms with van der Waals surface area (Å²) in [7, 11) is 6.16. The number of morpholine rings is 2. The number of imide groups is 2. The van der Waals surface area contributed by atoms with Crippen molar-refractivity contribution in [3.63, 3.8) is 0 Å². The SMILES string of the molecule is COc1ccc2c(c1C#CCOC1CCN(C[C@@H]3CC[C@@H](n4cc(NC(=O)c5cnn6ccc(N7C[C@H]8C[C@@H]7CO8)nc56)c(C(F)F)n4)C(C4O[C@@H]5C[C@H]4N(c4ccn6ncc(C(=O)Nc7cn([C@H]8CC[C@H](CN9CC[C@@H](OCC#Cc%10c(OC)ccc%11c%10n(C)c(=O)n%11C%10CCC(=O)NC%10=O)[C@@H](F)C9)CC8)nc7C(F)F)c6n4)C5)C3)CC1)n(C)c(=O)n2C1CCC(=O)NC1=O. The maximum Gasteiger partial charge on any atom is 0.329 e. The van der Waals surface area contributed by atoms with Gasteiger partial charge in [0.1, 0.15) is 65.7 Å². The Balaban J connectivity index is 0.488. The minimum Gasteiger partial charge on any atom is -0.495 e. The van der Waals surface area contributed by atoms with E-state index in [1.54, 1.807) is 61.5 Å². The summed E-state index contributed by atoms with van der Waals surface area (Å²) in [5, 5.41) is 28.0. The van der Waals surface area contributed by atoms with Crippen molar-refractivity contribution in [3.8, 4) is 35.2 Å². The molecule has 4 unspecified atom stereocenters. The van der Waals surface area contributed by atoms with Crippen molar-refractivity contribution in [2.45, 2.75) is 189 Å². The third-order valence-corrected chi connectivity index (χ3v) is 28.3. The van der Waals surface area contributed by atoms with Crippen LogP contribution in [-0.4, -0.2) is 247 Å². The first-order valence-electron chi connectivity index (χ1n) is 44.9. The van der Waals surface area contributed by atoms with Gasteiger partial charge in [0.2, 0.25) is 23.6 Å². The number of methoxy groups -OCH3 is 2. The number of hydrogen-bond donors (Lipinski definition) is 4. The number of alkyl halides is 5. The van der Waals surface area contributed by atoms with E-state index in [1.165, 1.54) is 71.0 Å². The molecule has 688 valence electrons. The molecule has 2 saturated carbocycles. The number of aryl methyl sites for hydroxylation is 2. The number of benzene rings is 2. The fourth-order valence-electron chi connectivity index (χ4n) is 21.8. The molecule has 2 aromatic carbocycles. The third-order valence-electron chi connectivity index (χ3n) is 28.3. The zero-order valence-corrected chi connectivity index (χ0v) is 72.5. The number of aromatic nitrogens is 14. The number of ether oxygens (including phenoxy) is 6. The number of imidazole rings is 2. The molecule has 0 spiro atoms. The van der Waals surface area contributed by atoms with E-state index >= 15 is 22.0 Å². The Morgan fingerprint density at radius 2 is 1.12 bits per heavy atom. The first-order valence-corrected chi connectivity index (χ1v) is 44.9. The summed E-state index contributed by atoms with van der Waals surface area (Å²) in [6.07, 6.45) is 8.41. The number of nitrogens with one attached hydrogen (secondary N) is 4. The van der Waals surface area contributed by atoms with E-state index in [1.807, 2.05) is 6.07 Å². The number of carbonyl (C=O) groups excluding carboxylic acids is 6. The standard InChI is InChI=1S/C90H99F5N22O14/c1-106-78-55(69(126-3)19-15-64(78)116(89(106)124)66-17-21-74(118)102-87(66)122)7-5-33-128-52-23-28-108(29-24-52)41-49-11-14-63(115-46-62(77(105-115)82(94)95)99-86(121)58-38-96-112-31-26-72(100-83(58)112)110-42-53-36-51(110)47-130-53)57(35-49)80-68-37-54(131-80)43-111(68)73-27-32-113-84(101-73)59(39-97-113)85(120)98-61-45-114(104-76(61)81(92)93)50-12-9-48(10-13-50)40-109-30-25-71(60(91)44-109)129-34-6-8-56-70(127-4)20-16-65-79(56)107(2)90(125)117(65)67-18-22-75(119)103-88(67)123/h15-16,19-20,26-27,31-32,38-39,45-46,48-54,57,60,63,66-68,71,80-82H,9-14,17-18,21-25,28-30,33-37,40-44,47H2,1-4H3,(H,98,120)(H,99,121)(H,102,118,122)(H,103,119,123)/t48-,49-,50-,51-,53-,54-,57?,60+,63-,66?,67?,68-,71-,80?/m1/s1. The van der Waals surface area contributed by atoms with Crippen LogP contribution in [0.2, 0.25) is 0 Å². The van der Waals surface area contributed by atoms with Gasteiger partial charge in [-0.1, -0.05) is 23.7 Å². The predicted octanol–water partition coefficient (Wildman–Crippen LogP) is 7.55. The molecular weight excluding hydrogens is 1710 g/mol. The lowest BCUT2D eigenvalue weighted by Crippen LogP contribution is -2.51. The van der Waals surface area contributed by atoms with Gasteiger partial charge in [-0.05, 0) is 138 Å². The van der Waals surface area contributed by atoms with Crippen molar-refractivity contribution >= 4 is 91.8 Å². The van der Waals surface area contributed by atoms with Gasteiger partial charge >= 0.3 is 11.4 Å². The molecule has 20 rings (SSSR count). The molecule has 10 aromatic rings. The topological polar surface area (TPSA) is 369 Å². The monoisotopic (exact) mass is 1810 g/mol. The highest BCUT2D eigenvalue weighted by atomic mass is 19.3. The number of likely N-dealkylation sites (tertiary alicyclic amines) is 2. The average Bonchev–Trinajstić information content (AvgIpc) is 1.59. The molecule has 4 N–H and O–H groups in total. The molecular formula is C90H99F5N22O14. The lowest BCUT2D eigenvalue weighted by atomic mass is 9.73. The number of fused-ring (bicyclic) bond motifs is 8. The Morgan fingerprint density at radius 1 is 0.580 bits per heavy atom. The van der Waals surface area contributed by atoms with E-state index in [-0.39, 0.29) is 133 Å².